The van der Waals surface area contributed by atoms with E-state index >= 15 is 0 Å². The molecule has 1 aliphatic heterocycles. The number of aromatic hydroxyl groups is 1. The van der Waals surface area contributed by atoms with Crippen molar-refractivity contribution in [2.45, 2.75) is 0 Å². The van der Waals surface area contributed by atoms with E-state index in [1.54, 1.807) is 30.9 Å². The number of carbonyl (C=O) groups excluding carboxylic acids is 1. The molecule has 9 nitrogen and oxygen atoms in total. The minimum absolute atomic E-state index is 0. The van der Waals surface area contributed by atoms with E-state index in [0.717, 1.165) is 16.5 Å². The van der Waals surface area contributed by atoms with Gasteiger partial charge in [0.25, 0.3) is 5.91 Å². The van der Waals surface area contributed by atoms with Crippen molar-refractivity contribution in [2.24, 2.45) is 0 Å². The van der Waals surface area contributed by atoms with Crippen LogP contribution in [-0.2, 0) is 10.0 Å². The zero-order valence-electron chi connectivity index (χ0n) is 17.8. The number of piperazine rings is 1. The maximum atomic E-state index is 12.7. The van der Waals surface area contributed by atoms with Crippen LogP contribution in [0.25, 0.3) is 17.2 Å². The first kappa shape index (κ1) is 25.6. The fourth-order valence-electron chi connectivity index (χ4n) is 3.32. The number of pyridine rings is 1. The van der Waals surface area contributed by atoms with Crippen molar-refractivity contribution in [1.82, 2.24) is 24.2 Å². The Kier molecular flexibility index (Phi) is 8.21. The molecule has 0 radical (unpaired) electrons. The van der Waals surface area contributed by atoms with E-state index in [1.807, 2.05) is 12.1 Å². The molecule has 1 saturated heterocycles. The van der Waals surface area contributed by atoms with Crippen LogP contribution in [0.15, 0.2) is 60.5 Å². The summed E-state index contributed by atoms with van der Waals surface area (Å²) in [7, 11) is -3.72. The molecule has 1 aliphatic rings. The van der Waals surface area contributed by atoms with Crippen molar-refractivity contribution < 1.29 is 18.3 Å². The molecule has 1 N–H and O–H groups in total. The summed E-state index contributed by atoms with van der Waals surface area (Å²) in [6, 6.07) is 8.07. The Labute approximate surface area is 208 Å². The van der Waals surface area contributed by atoms with Crippen LogP contribution in [0.4, 0.5) is 0 Å². The molecule has 3 heterocycles. The molecule has 178 valence electrons. The predicted molar refractivity (Wildman–Crippen MR) is 131 cm³/mol. The van der Waals surface area contributed by atoms with Crippen LogP contribution < -0.4 is 0 Å². The lowest BCUT2D eigenvalue weighted by atomic mass is 10.1. The molecule has 12 heteroatoms. The van der Waals surface area contributed by atoms with Crippen molar-refractivity contribution in [2.75, 3.05) is 26.2 Å². The molecule has 0 saturated carbocycles. The van der Waals surface area contributed by atoms with E-state index in [4.69, 9.17) is 11.6 Å². The number of hydrogen-bond donors (Lipinski definition) is 1. The Morgan fingerprint density at radius 1 is 1.00 bits per heavy atom. The minimum Gasteiger partial charge on any atom is -0.507 e. The van der Waals surface area contributed by atoms with Crippen LogP contribution in [-0.4, -0.2) is 69.8 Å². The zero-order chi connectivity index (χ0) is 23.4. The van der Waals surface area contributed by atoms with Crippen LogP contribution in [0.1, 0.15) is 16.2 Å². The first-order valence-electron chi connectivity index (χ1n) is 10.0. The number of amides is 1. The Balaban J connectivity index is 0.00000324. The number of phenolic OH excluding ortho intramolecular Hbond substituents is 1. The Bertz CT molecular complexity index is 1280. The molecular formula is C22H21Cl2N5O4S. The number of benzene rings is 1. The van der Waals surface area contributed by atoms with Gasteiger partial charge >= 0.3 is 0 Å². The first-order chi connectivity index (χ1) is 15.8. The van der Waals surface area contributed by atoms with E-state index < -0.39 is 10.0 Å². The molecule has 0 atom stereocenters. The molecule has 3 aromatic rings. The van der Waals surface area contributed by atoms with Gasteiger partial charge < -0.3 is 10.0 Å². The molecule has 1 aromatic carbocycles. The summed E-state index contributed by atoms with van der Waals surface area (Å²) in [4.78, 5) is 26.6. The molecule has 4 rings (SSSR count). The molecule has 0 bridgehead atoms. The second kappa shape index (κ2) is 10.9. The molecule has 1 amide bonds. The van der Waals surface area contributed by atoms with Crippen molar-refractivity contribution in [1.29, 1.82) is 0 Å². The smallest absolute Gasteiger partial charge is 0.291 e. The highest BCUT2D eigenvalue weighted by molar-refractivity contribution is 7.92. The Morgan fingerprint density at radius 3 is 2.26 bits per heavy atom. The topological polar surface area (TPSA) is 117 Å². The quantitative estimate of drug-likeness (QED) is 0.548. The average molecular weight is 522 g/mol. The summed E-state index contributed by atoms with van der Waals surface area (Å²) in [6.07, 6.45) is 7.79. The van der Waals surface area contributed by atoms with Crippen LogP contribution >= 0.6 is 24.0 Å². The largest absolute Gasteiger partial charge is 0.507 e. The highest BCUT2D eigenvalue weighted by atomic mass is 35.5. The molecular weight excluding hydrogens is 501 g/mol. The highest BCUT2D eigenvalue weighted by Crippen LogP contribution is 2.24. The van der Waals surface area contributed by atoms with Gasteiger partial charge in [0, 0.05) is 72.5 Å². The summed E-state index contributed by atoms with van der Waals surface area (Å²) >= 11 is 5.79. The number of hydrogen-bond acceptors (Lipinski definition) is 7. The maximum absolute atomic E-state index is 12.7. The number of halogens is 2. The predicted octanol–water partition coefficient (Wildman–Crippen LogP) is 3.08. The lowest BCUT2D eigenvalue weighted by Crippen LogP contribution is -2.50. The Morgan fingerprint density at radius 2 is 1.65 bits per heavy atom. The third kappa shape index (κ3) is 5.89. The van der Waals surface area contributed by atoms with Gasteiger partial charge in [0.1, 0.15) is 5.75 Å². The van der Waals surface area contributed by atoms with E-state index in [-0.39, 0.29) is 56.1 Å². The SMILES string of the molecule is Cl.O=C(c1ncc(-c2ccncc2)cn1)N1CCN(S(=O)(=O)/C=C/c2ccc(Cl)cc2O)CC1. The first-order valence-corrected chi connectivity index (χ1v) is 11.9. The standard InChI is InChI=1S/C22H20ClN5O4S.ClH/c23-19-2-1-17(20(29)13-19)5-12-33(31,32)28-10-8-27(9-11-28)22(30)21-25-14-18(15-26-21)16-3-6-24-7-4-16;/h1-7,12-15,29H,8-11H2;1H/b12-5+;. The van der Waals surface area contributed by atoms with Crippen LogP contribution in [0.2, 0.25) is 5.02 Å². The van der Waals surface area contributed by atoms with E-state index in [0.29, 0.717) is 10.6 Å². The van der Waals surface area contributed by atoms with E-state index in [1.165, 1.54) is 27.4 Å². The molecule has 1 fully saturated rings. The molecule has 2 aromatic heterocycles. The van der Waals surface area contributed by atoms with Gasteiger partial charge in [-0.15, -0.1) is 12.4 Å². The van der Waals surface area contributed by atoms with Gasteiger partial charge in [-0.3, -0.25) is 9.78 Å². The molecule has 34 heavy (non-hydrogen) atoms. The molecule has 0 spiro atoms. The summed E-state index contributed by atoms with van der Waals surface area (Å²) < 4.78 is 26.6. The van der Waals surface area contributed by atoms with Crippen molar-refractivity contribution in [3.05, 3.63) is 76.9 Å². The van der Waals surface area contributed by atoms with Crippen molar-refractivity contribution in [3.8, 4) is 16.9 Å². The van der Waals surface area contributed by atoms with Gasteiger partial charge in [-0.1, -0.05) is 11.6 Å². The average Bonchev–Trinajstić information content (AvgIpc) is 2.84. The number of rotatable bonds is 5. The van der Waals surface area contributed by atoms with Gasteiger partial charge in [0.05, 0.1) is 0 Å². The summed E-state index contributed by atoms with van der Waals surface area (Å²) in [6.45, 7) is 0.710. The van der Waals surface area contributed by atoms with Crippen LogP contribution in [0.3, 0.4) is 0 Å². The fraction of sp³-hybridized carbons (Fsp3) is 0.182. The molecule has 0 aliphatic carbocycles. The number of aromatic nitrogens is 3. The monoisotopic (exact) mass is 521 g/mol. The zero-order valence-corrected chi connectivity index (χ0v) is 20.2. The van der Waals surface area contributed by atoms with Gasteiger partial charge in [-0.25, -0.2) is 18.4 Å². The number of carbonyl (C=O) groups is 1. The number of phenols is 1. The normalized spacial score (nSPS) is 14.7. The van der Waals surface area contributed by atoms with E-state index in [9.17, 15) is 18.3 Å². The third-order valence-corrected chi connectivity index (χ3v) is 6.95. The highest BCUT2D eigenvalue weighted by Gasteiger charge is 2.28. The van der Waals surface area contributed by atoms with E-state index in [2.05, 4.69) is 15.0 Å². The summed E-state index contributed by atoms with van der Waals surface area (Å²) in [5.74, 6) is -0.406. The summed E-state index contributed by atoms with van der Waals surface area (Å²) in [5.41, 5.74) is 2.00. The van der Waals surface area contributed by atoms with Gasteiger partial charge in [0.15, 0.2) is 0 Å². The van der Waals surface area contributed by atoms with Crippen molar-refractivity contribution >= 4 is 46.0 Å². The van der Waals surface area contributed by atoms with Gasteiger partial charge in [-0.2, -0.15) is 4.31 Å². The number of nitrogens with zero attached hydrogens (tertiary/aromatic N) is 5. The van der Waals surface area contributed by atoms with Crippen LogP contribution in [0.5, 0.6) is 5.75 Å². The maximum Gasteiger partial charge on any atom is 0.291 e. The lowest BCUT2D eigenvalue weighted by Gasteiger charge is -2.32. The molecule has 0 unspecified atom stereocenters. The minimum atomic E-state index is -3.72. The Hall–Kier alpha value is -3.05. The van der Waals surface area contributed by atoms with Gasteiger partial charge in [-0.05, 0) is 42.0 Å². The fourth-order valence-corrected chi connectivity index (χ4v) is 4.65. The third-order valence-electron chi connectivity index (χ3n) is 5.15. The lowest BCUT2D eigenvalue weighted by molar-refractivity contribution is 0.0686. The summed E-state index contributed by atoms with van der Waals surface area (Å²) in [5, 5.41) is 11.3. The second-order valence-corrected chi connectivity index (χ2v) is 9.53. The number of sulfonamides is 1. The van der Waals surface area contributed by atoms with Crippen LogP contribution in [0, 0.1) is 0 Å². The second-order valence-electron chi connectivity index (χ2n) is 7.27. The van der Waals surface area contributed by atoms with Crippen molar-refractivity contribution in [3.63, 3.8) is 0 Å². The van der Waals surface area contributed by atoms with Gasteiger partial charge in [0.2, 0.25) is 15.8 Å².